The molecule has 1 aliphatic heterocycles. The Labute approximate surface area is 146 Å². The largest absolute Gasteiger partial charge is 0.394 e. The van der Waals surface area contributed by atoms with E-state index in [1.807, 2.05) is 4.90 Å². The molecule has 4 nitrogen and oxygen atoms in total. The summed E-state index contributed by atoms with van der Waals surface area (Å²) >= 11 is 0. The van der Waals surface area contributed by atoms with Crippen LogP contribution in [0.2, 0.25) is 0 Å². The van der Waals surface area contributed by atoms with Crippen molar-refractivity contribution in [3.8, 4) is 0 Å². The lowest BCUT2D eigenvalue weighted by molar-refractivity contribution is -0.167. The highest BCUT2D eigenvalue weighted by Gasteiger charge is 2.81. The SMILES string of the molecule is CC1CCC2C(C)(C)C2(C(=O)N2CCC[C@@H]2CO)C1OC(C)(C)C. The van der Waals surface area contributed by atoms with E-state index in [0.29, 0.717) is 11.8 Å². The van der Waals surface area contributed by atoms with Gasteiger partial charge in [-0.1, -0.05) is 20.8 Å². The van der Waals surface area contributed by atoms with Gasteiger partial charge in [-0.25, -0.2) is 0 Å². The van der Waals surface area contributed by atoms with Crippen LogP contribution in [-0.2, 0) is 9.53 Å². The number of hydrogen-bond acceptors (Lipinski definition) is 3. The number of aliphatic hydroxyl groups excluding tert-OH is 1. The summed E-state index contributed by atoms with van der Waals surface area (Å²) in [7, 11) is 0. The van der Waals surface area contributed by atoms with Crippen molar-refractivity contribution in [3.63, 3.8) is 0 Å². The van der Waals surface area contributed by atoms with E-state index in [-0.39, 0.29) is 35.7 Å². The number of carbonyl (C=O) groups is 1. The molecule has 0 aromatic heterocycles. The average molecular weight is 338 g/mol. The molecular formula is C20H35NO3. The van der Waals surface area contributed by atoms with Gasteiger partial charge in [-0.2, -0.15) is 0 Å². The van der Waals surface area contributed by atoms with E-state index >= 15 is 0 Å². The maximum absolute atomic E-state index is 13.7. The molecule has 1 amide bonds. The molecule has 3 rings (SSSR count). The number of rotatable bonds is 3. The van der Waals surface area contributed by atoms with Gasteiger partial charge >= 0.3 is 0 Å². The zero-order valence-corrected chi connectivity index (χ0v) is 16.3. The van der Waals surface area contributed by atoms with Gasteiger partial charge in [0.25, 0.3) is 0 Å². The van der Waals surface area contributed by atoms with Crippen LogP contribution in [0, 0.1) is 22.7 Å². The Kier molecular flexibility index (Phi) is 4.32. The zero-order valence-electron chi connectivity index (χ0n) is 16.3. The molecule has 3 aliphatic rings. The van der Waals surface area contributed by atoms with Crippen LogP contribution >= 0.6 is 0 Å². The summed E-state index contributed by atoms with van der Waals surface area (Å²) in [4.78, 5) is 15.7. The minimum atomic E-state index is -0.407. The Hall–Kier alpha value is -0.610. The number of aliphatic hydroxyl groups is 1. The van der Waals surface area contributed by atoms with Crippen LogP contribution in [0.3, 0.4) is 0 Å². The molecule has 0 spiro atoms. The molecule has 5 atom stereocenters. The van der Waals surface area contributed by atoms with Gasteiger partial charge in [-0.15, -0.1) is 0 Å². The molecule has 4 heteroatoms. The number of ether oxygens (including phenoxy) is 1. The molecule has 3 fully saturated rings. The lowest BCUT2D eigenvalue weighted by Gasteiger charge is -2.43. The first-order chi connectivity index (χ1) is 11.1. The second-order valence-corrected chi connectivity index (χ2v) is 9.83. The van der Waals surface area contributed by atoms with Gasteiger partial charge in [0.2, 0.25) is 5.91 Å². The highest BCUT2D eigenvalue weighted by molar-refractivity contribution is 5.89. The predicted molar refractivity (Wildman–Crippen MR) is 94.5 cm³/mol. The first-order valence-electron chi connectivity index (χ1n) is 9.67. The summed E-state index contributed by atoms with van der Waals surface area (Å²) in [6, 6.07) is -0.00329. The molecule has 4 unspecified atom stereocenters. The number of amides is 1. The van der Waals surface area contributed by atoms with Gasteiger partial charge in [0.1, 0.15) is 0 Å². The minimum Gasteiger partial charge on any atom is -0.394 e. The van der Waals surface area contributed by atoms with Crippen LogP contribution in [0.25, 0.3) is 0 Å². The molecule has 0 bridgehead atoms. The summed E-state index contributed by atoms with van der Waals surface area (Å²) in [5, 5.41) is 9.69. The summed E-state index contributed by atoms with van der Waals surface area (Å²) in [6.45, 7) is 13.9. The molecule has 0 aromatic rings. The van der Waals surface area contributed by atoms with Crippen molar-refractivity contribution in [1.29, 1.82) is 0 Å². The topological polar surface area (TPSA) is 49.8 Å². The van der Waals surface area contributed by atoms with Crippen molar-refractivity contribution in [3.05, 3.63) is 0 Å². The molecule has 0 aromatic carbocycles. The van der Waals surface area contributed by atoms with Gasteiger partial charge in [0.15, 0.2) is 0 Å². The van der Waals surface area contributed by atoms with E-state index in [4.69, 9.17) is 4.74 Å². The van der Waals surface area contributed by atoms with Gasteiger partial charge < -0.3 is 14.7 Å². The van der Waals surface area contributed by atoms with E-state index < -0.39 is 5.41 Å². The lowest BCUT2D eigenvalue weighted by atomic mass is 9.76. The average Bonchev–Trinajstić information content (AvgIpc) is 2.83. The summed E-state index contributed by atoms with van der Waals surface area (Å²) in [5.74, 6) is 1.04. The Bertz CT molecular complexity index is 510. The fraction of sp³-hybridized carbons (Fsp3) is 0.950. The van der Waals surface area contributed by atoms with Gasteiger partial charge in [0.05, 0.1) is 29.8 Å². The van der Waals surface area contributed by atoms with Crippen molar-refractivity contribution in [2.75, 3.05) is 13.2 Å². The zero-order chi connectivity index (χ0) is 17.9. The summed E-state index contributed by atoms with van der Waals surface area (Å²) in [5.41, 5.74) is -0.683. The van der Waals surface area contributed by atoms with Crippen molar-refractivity contribution in [2.24, 2.45) is 22.7 Å². The molecule has 1 saturated heterocycles. The predicted octanol–water partition coefficient (Wildman–Crippen LogP) is 3.23. The Morgan fingerprint density at radius 1 is 1.25 bits per heavy atom. The van der Waals surface area contributed by atoms with E-state index in [0.717, 1.165) is 32.2 Å². The molecule has 138 valence electrons. The number of carbonyl (C=O) groups excluding carboxylic acids is 1. The third-order valence-electron chi connectivity index (χ3n) is 6.96. The number of likely N-dealkylation sites (tertiary alicyclic amines) is 1. The summed E-state index contributed by atoms with van der Waals surface area (Å²) < 4.78 is 6.52. The Morgan fingerprint density at radius 2 is 1.92 bits per heavy atom. The van der Waals surface area contributed by atoms with E-state index in [9.17, 15) is 9.90 Å². The van der Waals surface area contributed by atoms with Crippen LogP contribution in [-0.4, -0.2) is 46.8 Å². The van der Waals surface area contributed by atoms with Crippen LogP contribution in [0.15, 0.2) is 0 Å². The second-order valence-electron chi connectivity index (χ2n) is 9.83. The van der Waals surface area contributed by atoms with Crippen LogP contribution in [0.1, 0.15) is 67.2 Å². The highest BCUT2D eigenvalue weighted by Crippen LogP contribution is 2.77. The fourth-order valence-corrected chi connectivity index (χ4v) is 5.76. The van der Waals surface area contributed by atoms with Crippen molar-refractivity contribution >= 4 is 5.91 Å². The third-order valence-corrected chi connectivity index (χ3v) is 6.96. The number of hydrogen-bond donors (Lipinski definition) is 1. The molecule has 24 heavy (non-hydrogen) atoms. The third kappa shape index (κ3) is 2.44. The quantitative estimate of drug-likeness (QED) is 0.860. The molecule has 2 saturated carbocycles. The van der Waals surface area contributed by atoms with Gasteiger partial charge in [0, 0.05) is 6.54 Å². The number of nitrogens with zero attached hydrogens (tertiary/aromatic N) is 1. The first kappa shape index (κ1) is 18.2. The molecular weight excluding hydrogens is 302 g/mol. The normalized spacial score (nSPS) is 41.2. The van der Waals surface area contributed by atoms with E-state index in [2.05, 4.69) is 41.5 Å². The summed E-state index contributed by atoms with van der Waals surface area (Å²) in [6.07, 6.45) is 4.13. The Morgan fingerprint density at radius 3 is 2.50 bits per heavy atom. The highest BCUT2D eigenvalue weighted by atomic mass is 16.5. The van der Waals surface area contributed by atoms with E-state index in [1.54, 1.807) is 0 Å². The standard InChI is InChI=1S/C20H35NO3/c1-13-9-10-15-19(5,6)20(15,16(13)24-18(2,3)4)17(23)21-11-7-8-14(21)12-22/h13-16,22H,7-12H2,1-6H3/t13?,14-,15?,16?,20?/m1/s1. The van der Waals surface area contributed by atoms with Crippen LogP contribution in [0.5, 0.6) is 0 Å². The maximum atomic E-state index is 13.7. The van der Waals surface area contributed by atoms with Crippen LogP contribution < -0.4 is 0 Å². The first-order valence-corrected chi connectivity index (χ1v) is 9.67. The molecule has 0 radical (unpaired) electrons. The number of fused-ring (bicyclic) bond motifs is 1. The fourth-order valence-electron chi connectivity index (χ4n) is 5.76. The van der Waals surface area contributed by atoms with Crippen molar-refractivity contribution < 1.29 is 14.6 Å². The molecule has 2 aliphatic carbocycles. The Balaban J connectivity index is 1.97. The van der Waals surface area contributed by atoms with E-state index in [1.165, 1.54) is 0 Å². The van der Waals surface area contributed by atoms with Crippen LogP contribution in [0.4, 0.5) is 0 Å². The van der Waals surface area contributed by atoms with Crippen molar-refractivity contribution in [2.45, 2.75) is 85.0 Å². The molecule has 1 heterocycles. The molecule has 1 N–H and O–H groups in total. The smallest absolute Gasteiger partial charge is 0.232 e. The second kappa shape index (κ2) is 5.70. The lowest BCUT2D eigenvalue weighted by Crippen LogP contribution is -2.53. The minimum absolute atomic E-state index is 0.00329. The monoisotopic (exact) mass is 337 g/mol. The van der Waals surface area contributed by atoms with Crippen molar-refractivity contribution in [1.82, 2.24) is 4.90 Å². The van der Waals surface area contributed by atoms with Gasteiger partial charge in [-0.3, -0.25) is 4.79 Å². The maximum Gasteiger partial charge on any atom is 0.232 e. The van der Waals surface area contributed by atoms with Gasteiger partial charge in [-0.05, 0) is 63.7 Å².